The zero-order chi connectivity index (χ0) is 20.1. The molecular formula is C23H19N3O2S. The van der Waals surface area contributed by atoms with Crippen LogP contribution in [0.4, 0.5) is 5.69 Å². The van der Waals surface area contributed by atoms with Crippen molar-refractivity contribution in [3.05, 3.63) is 89.7 Å². The lowest BCUT2D eigenvalue weighted by molar-refractivity contribution is -0.115. The Balaban J connectivity index is 1.34. The van der Waals surface area contributed by atoms with E-state index in [0.29, 0.717) is 11.4 Å². The normalized spacial score (nSPS) is 10.5. The number of ether oxygens (including phenoxy) is 1. The zero-order valence-corrected chi connectivity index (χ0v) is 16.6. The first-order chi connectivity index (χ1) is 14.2. The van der Waals surface area contributed by atoms with E-state index in [1.165, 1.54) is 11.3 Å². The van der Waals surface area contributed by atoms with Crippen LogP contribution in [0.1, 0.15) is 11.3 Å². The molecule has 2 aromatic heterocycles. The fraction of sp³-hybridized carbons (Fsp3) is 0.0870. The number of benzene rings is 2. The maximum atomic E-state index is 12.4. The summed E-state index contributed by atoms with van der Waals surface area (Å²) in [5, 5.41) is 5.66. The first-order valence-electron chi connectivity index (χ1n) is 9.15. The summed E-state index contributed by atoms with van der Waals surface area (Å²) in [5.74, 6) is 1.39. The van der Waals surface area contributed by atoms with E-state index >= 15 is 0 Å². The number of aromatic nitrogens is 2. The Morgan fingerprint density at radius 1 is 1.07 bits per heavy atom. The van der Waals surface area contributed by atoms with Crippen LogP contribution < -0.4 is 10.1 Å². The first-order valence-corrected chi connectivity index (χ1v) is 10.0. The van der Waals surface area contributed by atoms with Gasteiger partial charge in [-0.25, -0.2) is 4.98 Å². The Morgan fingerprint density at radius 3 is 2.69 bits per heavy atom. The van der Waals surface area contributed by atoms with Crippen LogP contribution in [0.5, 0.6) is 11.5 Å². The van der Waals surface area contributed by atoms with Gasteiger partial charge in [0, 0.05) is 29.0 Å². The van der Waals surface area contributed by atoms with Gasteiger partial charge in [0.1, 0.15) is 16.5 Å². The minimum atomic E-state index is -0.111. The monoisotopic (exact) mass is 401 g/mol. The Labute approximate surface area is 173 Å². The molecule has 1 N–H and O–H groups in total. The van der Waals surface area contributed by atoms with Gasteiger partial charge in [-0.3, -0.25) is 9.78 Å². The molecule has 0 saturated carbocycles. The molecule has 0 aliphatic rings. The maximum absolute atomic E-state index is 12.4. The van der Waals surface area contributed by atoms with Gasteiger partial charge in [0.2, 0.25) is 5.91 Å². The third kappa shape index (κ3) is 5.06. The van der Waals surface area contributed by atoms with Crippen LogP contribution in [0, 0.1) is 6.92 Å². The topological polar surface area (TPSA) is 64.1 Å². The Hall–Kier alpha value is -3.51. The second-order valence-electron chi connectivity index (χ2n) is 6.55. The number of nitrogens with one attached hydrogen (secondary N) is 1. The smallest absolute Gasteiger partial charge is 0.230 e. The van der Waals surface area contributed by atoms with E-state index in [4.69, 9.17) is 4.74 Å². The van der Waals surface area contributed by atoms with Crippen LogP contribution in [0.2, 0.25) is 0 Å². The molecule has 0 fully saturated rings. The lowest BCUT2D eigenvalue weighted by atomic mass is 10.2. The largest absolute Gasteiger partial charge is 0.457 e. The molecule has 5 nitrogen and oxygen atoms in total. The Morgan fingerprint density at radius 2 is 1.93 bits per heavy atom. The minimum absolute atomic E-state index is 0.111. The number of hydrogen-bond donors (Lipinski definition) is 1. The van der Waals surface area contributed by atoms with Gasteiger partial charge in [0.25, 0.3) is 0 Å². The second kappa shape index (κ2) is 8.67. The number of amides is 1. The molecule has 0 unspecified atom stereocenters. The molecule has 144 valence electrons. The van der Waals surface area contributed by atoms with Crippen LogP contribution in [-0.2, 0) is 11.2 Å². The lowest BCUT2D eigenvalue weighted by Crippen LogP contribution is -2.14. The molecule has 0 bridgehead atoms. The van der Waals surface area contributed by atoms with Crippen molar-refractivity contribution in [3.8, 4) is 22.1 Å². The summed E-state index contributed by atoms with van der Waals surface area (Å²) in [4.78, 5) is 21.0. The fourth-order valence-electron chi connectivity index (χ4n) is 2.80. The lowest BCUT2D eigenvalue weighted by Gasteiger charge is -2.08. The van der Waals surface area contributed by atoms with Gasteiger partial charge < -0.3 is 10.1 Å². The van der Waals surface area contributed by atoms with E-state index in [2.05, 4.69) is 15.3 Å². The molecule has 0 aliphatic carbocycles. The molecule has 6 heteroatoms. The molecular weight excluding hydrogens is 382 g/mol. The summed E-state index contributed by atoms with van der Waals surface area (Å²) < 4.78 is 5.83. The van der Waals surface area contributed by atoms with Crippen LogP contribution in [0.3, 0.4) is 0 Å². The van der Waals surface area contributed by atoms with E-state index in [9.17, 15) is 4.79 Å². The van der Waals surface area contributed by atoms with E-state index < -0.39 is 0 Å². The number of aryl methyl sites for hydroxylation is 1. The van der Waals surface area contributed by atoms with Crippen LogP contribution in [-0.4, -0.2) is 15.9 Å². The highest BCUT2D eigenvalue weighted by atomic mass is 32.1. The van der Waals surface area contributed by atoms with Gasteiger partial charge in [-0.05, 0) is 61.0 Å². The summed E-state index contributed by atoms with van der Waals surface area (Å²) in [6.07, 6.45) is 3.71. The van der Waals surface area contributed by atoms with Crippen molar-refractivity contribution in [2.45, 2.75) is 13.3 Å². The minimum Gasteiger partial charge on any atom is -0.457 e. The quantitative estimate of drug-likeness (QED) is 0.464. The molecule has 0 saturated heterocycles. The summed E-state index contributed by atoms with van der Waals surface area (Å²) >= 11 is 1.51. The Kier molecular flexibility index (Phi) is 5.63. The van der Waals surface area contributed by atoms with Crippen molar-refractivity contribution < 1.29 is 9.53 Å². The van der Waals surface area contributed by atoms with E-state index in [1.807, 2.05) is 73.0 Å². The van der Waals surface area contributed by atoms with Crippen molar-refractivity contribution in [2.24, 2.45) is 0 Å². The first kappa shape index (κ1) is 18.8. The standard InChI is InChI=1S/C23H19N3O2S/c1-16-4-2-6-21(12-16)28-20-9-7-18(8-10-20)25-22(27)13-19-15-29-23(26-19)17-5-3-11-24-14-17/h2-12,14-15H,13H2,1H3,(H,25,27). The number of carbonyl (C=O) groups is 1. The van der Waals surface area contributed by atoms with E-state index in [1.54, 1.807) is 12.4 Å². The van der Waals surface area contributed by atoms with Crippen LogP contribution >= 0.6 is 11.3 Å². The number of carbonyl (C=O) groups excluding carboxylic acids is 1. The fourth-order valence-corrected chi connectivity index (χ4v) is 3.61. The highest BCUT2D eigenvalue weighted by Crippen LogP contribution is 2.25. The summed E-state index contributed by atoms with van der Waals surface area (Å²) in [5.41, 5.74) is 3.55. The highest BCUT2D eigenvalue weighted by molar-refractivity contribution is 7.13. The number of hydrogen-bond acceptors (Lipinski definition) is 5. The molecule has 0 atom stereocenters. The average molecular weight is 401 g/mol. The average Bonchev–Trinajstić information content (AvgIpc) is 3.18. The van der Waals surface area contributed by atoms with Crippen molar-refractivity contribution >= 4 is 22.9 Å². The van der Waals surface area contributed by atoms with Crippen molar-refractivity contribution in [1.82, 2.24) is 9.97 Å². The van der Waals surface area contributed by atoms with Gasteiger partial charge in [-0.15, -0.1) is 11.3 Å². The zero-order valence-electron chi connectivity index (χ0n) is 15.8. The molecule has 1 amide bonds. The number of rotatable bonds is 6. The van der Waals surface area contributed by atoms with Crippen molar-refractivity contribution in [1.29, 1.82) is 0 Å². The third-order valence-corrected chi connectivity index (χ3v) is 5.11. The molecule has 2 aromatic carbocycles. The molecule has 4 rings (SSSR count). The van der Waals surface area contributed by atoms with Crippen LogP contribution in [0.25, 0.3) is 10.6 Å². The summed E-state index contributed by atoms with van der Waals surface area (Å²) in [6.45, 7) is 2.02. The molecule has 0 radical (unpaired) electrons. The SMILES string of the molecule is Cc1cccc(Oc2ccc(NC(=O)Cc3csc(-c4cccnc4)n3)cc2)c1. The van der Waals surface area contributed by atoms with Gasteiger partial charge >= 0.3 is 0 Å². The van der Waals surface area contributed by atoms with Crippen molar-refractivity contribution in [3.63, 3.8) is 0 Å². The maximum Gasteiger partial charge on any atom is 0.230 e. The number of anilines is 1. The molecule has 0 aliphatic heterocycles. The van der Waals surface area contributed by atoms with Gasteiger partial charge in [0.05, 0.1) is 12.1 Å². The number of nitrogens with zero attached hydrogens (tertiary/aromatic N) is 2. The van der Waals surface area contributed by atoms with Gasteiger partial charge in [0.15, 0.2) is 0 Å². The molecule has 29 heavy (non-hydrogen) atoms. The van der Waals surface area contributed by atoms with Crippen LogP contribution in [0.15, 0.2) is 78.4 Å². The summed E-state index contributed by atoms with van der Waals surface area (Å²) in [7, 11) is 0. The third-order valence-electron chi connectivity index (χ3n) is 4.17. The molecule has 0 spiro atoms. The molecule has 2 heterocycles. The van der Waals surface area contributed by atoms with Gasteiger partial charge in [-0.2, -0.15) is 0 Å². The number of pyridine rings is 1. The predicted octanol–water partition coefficient (Wildman–Crippen LogP) is 5.49. The highest BCUT2D eigenvalue weighted by Gasteiger charge is 2.10. The number of thiazole rings is 1. The Bertz CT molecular complexity index is 1110. The molecule has 4 aromatic rings. The second-order valence-corrected chi connectivity index (χ2v) is 7.41. The van der Waals surface area contributed by atoms with Crippen molar-refractivity contribution in [2.75, 3.05) is 5.32 Å². The predicted molar refractivity (Wildman–Crippen MR) is 115 cm³/mol. The van der Waals surface area contributed by atoms with E-state index in [0.717, 1.165) is 27.6 Å². The van der Waals surface area contributed by atoms with Gasteiger partial charge in [-0.1, -0.05) is 12.1 Å². The summed E-state index contributed by atoms with van der Waals surface area (Å²) in [6, 6.07) is 19.0. The van der Waals surface area contributed by atoms with E-state index in [-0.39, 0.29) is 12.3 Å².